The fourth-order valence-electron chi connectivity index (χ4n) is 4.13. The first-order valence-corrected chi connectivity index (χ1v) is 10.8. The van der Waals surface area contributed by atoms with Crippen LogP contribution in [0.1, 0.15) is 33.9 Å². The molecular weight excluding hydrogens is 436 g/mol. The van der Waals surface area contributed by atoms with Gasteiger partial charge in [0.2, 0.25) is 0 Å². The Morgan fingerprint density at radius 3 is 1.90 bits per heavy atom. The number of carbonyl (C=O) groups excluding carboxylic acids is 1. The third kappa shape index (κ3) is 4.19. The van der Waals surface area contributed by atoms with Gasteiger partial charge < -0.3 is 5.32 Å². The lowest BCUT2D eigenvalue weighted by Crippen LogP contribution is -2.31. The molecule has 1 aliphatic heterocycles. The molecule has 1 amide bonds. The van der Waals surface area contributed by atoms with Crippen molar-refractivity contribution in [2.75, 3.05) is 10.2 Å². The Morgan fingerprint density at radius 1 is 0.800 bits per heavy atom. The predicted octanol–water partition coefficient (Wildman–Crippen LogP) is 6.77. The summed E-state index contributed by atoms with van der Waals surface area (Å²) >= 11 is 3.51. The maximum atomic E-state index is 13.5. The van der Waals surface area contributed by atoms with Crippen LogP contribution in [-0.4, -0.2) is 5.91 Å². The number of nitrogens with one attached hydrogen (secondary N) is 1. The molecule has 3 aromatic carbocycles. The van der Waals surface area contributed by atoms with Gasteiger partial charge in [0.25, 0.3) is 5.91 Å². The van der Waals surface area contributed by atoms with Gasteiger partial charge in [0, 0.05) is 15.8 Å². The number of anilines is 2. The van der Waals surface area contributed by atoms with Crippen molar-refractivity contribution < 1.29 is 4.79 Å². The molecule has 1 atom stereocenters. The van der Waals surface area contributed by atoms with Crippen molar-refractivity contribution in [1.29, 1.82) is 0 Å². The van der Waals surface area contributed by atoms with Gasteiger partial charge in [-0.2, -0.15) is 0 Å². The smallest absolute Gasteiger partial charge is 0.275 e. The number of amides is 1. The van der Waals surface area contributed by atoms with Crippen LogP contribution >= 0.6 is 15.9 Å². The number of hydrogen-bond acceptors (Lipinski definition) is 2. The molecule has 3 nitrogen and oxygen atoms in total. The van der Waals surface area contributed by atoms with Gasteiger partial charge in [0.05, 0.1) is 6.04 Å². The van der Waals surface area contributed by atoms with E-state index in [2.05, 4.69) is 97.5 Å². The molecule has 0 saturated heterocycles. The maximum absolute atomic E-state index is 13.5. The molecule has 0 saturated carbocycles. The Labute approximate surface area is 186 Å². The number of rotatable bonds is 4. The summed E-state index contributed by atoms with van der Waals surface area (Å²) in [7, 11) is 0. The van der Waals surface area contributed by atoms with Gasteiger partial charge in [-0.25, -0.2) is 0 Å². The average molecular weight is 461 g/mol. The Morgan fingerprint density at radius 2 is 1.33 bits per heavy atom. The zero-order valence-electron chi connectivity index (χ0n) is 17.7. The summed E-state index contributed by atoms with van der Waals surface area (Å²) in [5, 5.41) is 3.37. The van der Waals surface area contributed by atoms with Crippen LogP contribution in [0.15, 0.2) is 76.9 Å². The van der Waals surface area contributed by atoms with E-state index in [4.69, 9.17) is 0 Å². The van der Waals surface area contributed by atoms with Gasteiger partial charge in [-0.3, -0.25) is 9.69 Å². The van der Waals surface area contributed by atoms with E-state index >= 15 is 0 Å². The van der Waals surface area contributed by atoms with E-state index < -0.39 is 0 Å². The molecule has 1 aliphatic rings. The predicted molar refractivity (Wildman–Crippen MR) is 128 cm³/mol. The zero-order chi connectivity index (χ0) is 21.4. The second-order valence-electron chi connectivity index (χ2n) is 8.10. The summed E-state index contributed by atoms with van der Waals surface area (Å²) in [6.07, 6.45) is 2.03. The summed E-state index contributed by atoms with van der Waals surface area (Å²) in [4.78, 5) is 15.4. The molecule has 1 heterocycles. The Bertz CT molecular complexity index is 1110. The van der Waals surface area contributed by atoms with Crippen molar-refractivity contribution in [2.45, 2.75) is 33.7 Å². The lowest BCUT2D eigenvalue weighted by atomic mass is 10.0. The van der Waals surface area contributed by atoms with Crippen molar-refractivity contribution >= 4 is 33.2 Å². The normalized spacial score (nSPS) is 16.0. The molecule has 0 radical (unpaired) electrons. The molecule has 0 aliphatic carbocycles. The monoisotopic (exact) mass is 460 g/mol. The first kappa shape index (κ1) is 20.4. The number of nitrogens with zero attached hydrogens (tertiary/aromatic N) is 1. The summed E-state index contributed by atoms with van der Waals surface area (Å²) in [6, 6.07) is 20.5. The summed E-state index contributed by atoms with van der Waals surface area (Å²) < 4.78 is 1.02. The van der Waals surface area contributed by atoms with Crippen LogP contribution in [0.5, 0.6) is 0 Å². The van der Waals surface area contributed by atoms with Gasteiger partial charge in [-0.1, -0.05) is 40.2 Å². The maximum Gasteiger partial charge on any atom is 0.275 e. The van der Waals surface area contributed by atoms with Crippen molar-refractivity contribution in [3.8, 4) is 0 Å². The van der Waals surface area contributed by atoms with E-state index in [0.717, 1.165) is 32.5 Å². The van der Waals surface area contributed by atoms with E-state index in [-0.39, 0.29) is 11.9 Å². The minimum absolute atomic E-state index is 0.0212. The number of hydrogen-bond donors (Lipinski definition) is 1. The molecule has 1 N–H and O–H groups in total. The minimum Gasteiger partial charge on any atom is -0.351 e. The van der Waals surface area contributed by atoms with Crippen LogP contribution in [0.2, 0.25) is 0 Å². The van der Waals surface area contributed by atoms with Gasteiger partial charge in [0.1, 0.15) is 5.70 Å². The molecule has 3 aromatic rings. The van der Waals surface area contributed by atoms with Crippen molar-refractivity contribution in [3.63, 3.8) is 0 Å². The standard InChI is InChI=1S/C26H25BrN2O/c1-16-9-17(2)12-22(11-16)28-24-15-25(20-5-7-21(27)8-6-20)29(26(24)30)23-13-18(3)10-19(4)14-23/h5-15,25,28H,1-4H3/t25-/m0/s1. The topological polar surface area (TPSA) is 32.3 Å². The van der Waals surface area contributed by atoms with Crippen LogP contribution in [-0.2, 0) is 4.79 Å². The van der Waals surface area contributed by atoms with E-state index in [1.165, 1.54) is 11.1 Å². The molecular formula is C26H25BrN2O. The Balaban J connectivity index is 1.77. The molecule has 30 heavy (non-hydrogen) atoms. The molecule has 0 fully saturated rings. The van der Waals surface area contributed by atoms with Gasteiger partial charge >= 0.3 is 0 Å². The third-order valence-corrected chi connectivity index (χ3v) is 5.78. The lowest BCUT2D eigenvalue weighted by molar-refractivity contribution is -0.114. The van der Waals surface area contributed by atoms with Crippen molar-refractivity contribution in [3.05, 3.63) is 105 Å². The fourth-order valence-corrected chi connectivity index (χ4v) is 4.39. The molecule has 0 aromatic heterocycles. The van der Waals surface area contributed by atoms with E-state index in [0.29, 0.717) is 5.70 Å². The van der Waals surface area contributed by atoms with Crippen LogP contribution < -0.4 is 10.2 Å². The second kappa shape index (κ2) is 8.11. The quantitative estimate of drug-likeness (QED) is 0.465. The van der Waals surface area contributed by atoms with Gasteiger partial charge in [0.15, 0.2) is 0 Å². The Kier molecular flexibility index (Phi) is 5.52. The highest BCUT2D eigenvalue weighted by atomic mass is 79.9. The van der Waals surface area contributed by atoms with Crippen molar-refractivity contribution in [1.82, 2.24) is 0 Å². The SMILES string of the molecule is Cc1cc(C)cc(NC2=C[C@@H](c3ccc(Br)cc3)N(c3cc(C)cc(C)c3)C2=O)c1. The highest BCUT2D eigenvalue weighted by molar-refractivity contribution is 9.10. The van der Waals surface area contributed by atoms with Crippen LogP contribution in [0.4, 0.5) is 11.4 Å². The lowest BCUT2D eigenvalue weighted by Gasteiger charge is -2.26. The molecule has 0 spiro atoms. The first-order chi connectivity index (χ1) is 14.3. The summed E-state index contributed by atoms with van der Waals surface area (Å²) in [5.41, 5.74) is 8.14. The highest BCUT2D eigenvalue weighted by Crippen LogP contribution is 2.37. The van der Waals surface area contributed by atoms with E-state index in [1.54, 1.807) is 0 Å². The van der Waals surface area contributed by atoms with Crippen molar-refractivity contribution in [2.24, 2.45) is 0 Å². The average Bonchev–Trinajstić information content (AvgIpc) is 2.97. The van der Waals surface area contributed by atoms with Crippen LogP contribution in [0, 0.1) is 27.7 Å². The number of halogens is 1. The van der Waals surface area contributed by atoms with Crippen LogP contribution in [0.3, 0.4) is 0 Å². The molecule has 4 rings (SSSR count). The molecule has 152 valence electrons. The number of aryl methyl sites for hydroxylation is 4. The second-order valence-corrected chi connectivity index (χ2v) is 9.01. The van der Waals surface area contributed by atoms with E-state index in [1.807, 2.05) is 23.1 Å². The summed E-state index contributed by atoms with van der Waals surface area (Å²) in [6.45, 7) is 8.26. The van der Waals surface area contributed by atoms with Gasteiger partial charge in [-0.05, 0) is 98.0 Å². The van der Waals surface area contributed by atoms with E-state index in [9.17, 15) is 4.79 Å². The number of carbonyl (C=O) groups is 1. The van der Waals surface area contributed by atoms with Gasteiger partial charge in [-0.15, -0.1) is 0 Å². The first-order valence-electron chi connectivity index (χ1n) is 10.0. The minimum atomic E-state index is -0.166. The summed E-state index contributed by atoms with van der Waals surface area (Å²) in [5.74, 6) is -0.0212. The molecule has 0 unspecified atom stereocenters. The largest absolute Gasteiger partial charge is 0.351 e. The Hall–Kier alpha value is -2.85. The highest BCUT2D eigenvalue weighted by Gasteiger charge is 2.35. The van der Waals surface area contributed by atoms with Crippen LogP contribution in [0.25, 0.3) is 0 Å². The molecule has 4 heteroatoms. The number of benzene rings is 3. The fraction of sp³-hybridized carbons (Fsp3) is 0.192. The third-order valence-electron chi connectivity index (χ3n) is 5.25. The molecule has 0 bridgehead atoms. The zero-order valence-corrected chi connectivity index (χ0v) is 19.2.